The summed E-state index contributed by atoms with van der Waals surface area (Å²) in [5, 5.41) is 2.73. The molecule has 214 valence electrons. The minimum absolute atomic E-state index is 0.0877. The average molecular weight is 545 g/mol. The van der Waals surface area contributed by atoms with Gasteiger partial charge in [-0.3, -0.25) is 9.69 Å². The van der Waals surface area contributed by atoms with E-state index in [0.29, 0.717) is 58.3 Å². The van der Waals surface area contributed by atoms with Gasteiger partial charge in [0.1, 0.15) is 5.60 Å². The first-order valence-electron chi connectivity index (χ1n) is 13.0. The van der Waals surface area contributed by atoms with Crippen LogP contribution in [0.5, 0.6) is 0 Å². The fraction of sp³-hybridized carbons (Fsp3) is 0.760. The monoisotopic (exact) mass is 544 g/mol. The number of alkyl halides is 3. The number of piperazine rings is 1. The summed E-state index contributed by atoms with van der Waals surface area (Å²) in [7, 11) is 0. The highest BCUT2D eigenvalue weighted by Crippen LogP contribution is 2.29. The van der Waals surface area contributed by atoms with Crippen molar-refractivity contribution in [2.45, 2.75) is 70.8 Å². The second-order valence-corrected chi connectivity index (χ2v) is 10.8. The molecule has 3 rings (SSSR count). The standard InChI is InChI=1S/C25H39F3N6O4/c1-18(31-23(36)38-24(2,3)4)17-37-13-5-8-32-11-12-34(16-21(32)35)20-6-9-33(10-7-20)22-29-14-19(15-30-22)25(26,27)28/h14-15,18,20H,5-13,16-17H2,1-4H3,(H,31,36). The van der Waals surface area contributed by atoms with Crippen molar-refractivity contribution < 1.29 is 32.2 Å². The first-order chi connectivity index (χ1) is 17.8. The van der Waals surface area contributed by atoms with Gasteiger partial charge in [0.15, 0.2) is 0 Å². The lowest BCUT2D eigenvalue weighted by Crippen LogP contribution is -2.56. The van der Waals surface area contributed by atoms with E-state index in [1.807, 2.05) is 16.7 Å². The molecule has 0 aromatic carbocycles. The minimum Gasteiger partial charge on any atom is -0.444 e. The minimum atomic E-state index is -4.45. The molecule has 0 saturated carbocycles. The number of rotatable bonds is 9. The van der Waals surface area contributed by atoms with Crippen molar-refractivity contribution >= 4 is 17.9 Å². The Labute approximate surface area is 221 Å². The second-order valence-electron chi connectivity index (χ2n) is 10.8. The Hall–Kier alpha value is -2.67. The van der Waals surface area contributed by atoms with Gasteiger partial charge in [0, 0.05) is 57.8 Å². The van der Waals surface area contributed by atoms with Crippen molar-refractivity contribution in [1.29, 1.82) is 0 Å². The van der Waals surface area contributed by atoms with Crippen LogP contribution in [0.3, 0.4) is 0 Å². The fourth-order valence-corrected chi connectivity index (χ4v) is 4.50. The molecule has 10 nitrogen and oxygen atoms in total. The van der Waals surface area contributed by atoms with Crippen LogP contribution in [0, 0.1) is 0 Å². The lowest BCUT2D eigenvalue weighted by atomic mass is 10.0. The van der Waals surface area contributed by atoms with Crippen LogP contribution in [0.15, 0.2) is 12.4 Å². The van der Waals surface area contributed by atoms with Gasteiger partial charge in [-0.1, -0.05) is 0 Å². The van der Waals surface area contributed by atoms with Crippen LogP contribution < -0.4 is 10.2 Å². The third-order valence-electron chi connectivity index (χ3n) is 6.43. The highest BCUT2D eigenvalue weighted by Gasteiger charge is 2.33. The van der Waals surface area contributed by atoms with E-state index in [1.54, 1.807) is 20.8 Å². The van der Waals surface area contributed by atoms with Gasteiger partial charge >= 0.3 is 12.3 Å². The lowest BCUT2D eigenvalue weighted by Gasteiger charge is -2.42. The third-order valence-corrected chi connectivity index (χ3v) is 6.43. The summed E-state index contributed by atoms with van der Waals surface area (Å²) in [4.78, 5) is 38.2. The number of halogens is 3. The van der Waals surface area contributed by atoms with Crippen molar-refractivity contribution in [3.63, 3.8) is 0 Å². The molecule has 1 aromatic heterocycles. The Kier molecular flexibility index (Phi) is 10.2. The molecule has 2 aliphatic rings. The molecule has 1 aromatic rings. The maximum Gasteiger partial charge on any atom is 0.419 e. The number of alkyl carbamates (subject to hydrolysis) is 1. The molecule has 0 spiro atoms. The summed E-state index contributed by atoms with van der Waals surface area (Å²) in [6.45, 7) is 11.8. The topological polar surface area (TPSA) is 100 Å². The summed E-state index contributed by atoms with van der Waals surface area (Å²) in [6.07, 6.45) is -1.00. The number of hydrogen-bond acceptors (Lipinski definition) is 8. The smallest absolute Gasteiger partial charge is 0.419 e. The highest BCUT2D eigenvalue weighted by molar-refractivity contribution is 5.79. The lowest BCUT2D eigenvalue weighted by molar-refractivity contribution is -0.138. The summed E-state index contributed by atoms with van der Waals surface area (Å²) in [6, 6.07) is 0.0568. The van der Waals surface area contributed by atoms with E-state index in [0.717, 1.165) is 31.8 Å². The van der Waals surface area contributed by atoms with E-state index >= 15 is 0 Å². The van der Waals surface area contributed by atoms with E-state index in [4.69, 9.17) is 9.47 Å². The number of piperidine rings is 1. The summed E-state index contributed by atoms with van der Waals surface area (Å²) in [5.41, 5.74) is -1.41. The Morgan fingerprint density at radius 2 is 1.79 bits per heavy atom. The molecule has 1 atom stereocenters. The van der Waals surface area contributed by atoms with Gasteiger partial charge in [0.05, 0.1) is 24.8 Å². The zero-order valence-corrected chi connectivity index (χ0v) is 22.6. The van der Waals surface area contributed by atoms with E-state index in [9.17, 15) is 22.8 Å². The van der Waals surface area contributed by atoms with Crippen molar-refractivity contribution in [2.75, 3.05) is 57.4 Å². The highest BCUT2D eigenvalue weighted by atomic mass is 19.4. The van der Waals surface area contributed by atoms with Crippen molar-refractivity contribution in [3.05, 3.63) is 18.0 Å². The van der Waals surface area contributed by atoms with Crippen LogP contribution in [0.2, 0.25) is 0 Å². The Bertz CT molecular complexity index is 917. The van der Waals surface area contributed by atoms with E-state index < -0.39 is 23.4 Å². The SMILES string of the molecule is CC(COCCCN1CCN(C2CCN(c3ncc(C(F)(F)F)cn3)CC2)CC1=O)NC(=O)OC(C)(C)C. The first-order valence-corrected chi connectivity index (χ1v) is 13.0. The van der Waals surface area contributed by atoms with Crippen LogP contribution in [-0.2, 0) is 20.4 Å². The summed E-state index contributed by atoms with van der Waals surface area (Å²) >= 11 is 0. The van der Waals surface area contributed by atoms with Crippen LogP contribution >= 0.6 is 0 Å². The third kappa shape index (κ3) is 9.26. The molecule has 2 fully saturated rings. The molecule has 2 saturated heterocycles. The zero-order valence-electron chi connectivity index (χ0n) is 22.6. The predicted molar refractivity (Wildman–Crippen MR) is 135 cm³/mol. The van der Waals surface area contributed by atoms with E-state index in [1.165, 1.54) is 0 Å². The number of amides is 2. The van der Waals surface area contributed by atoms with E-state index in [-0.39, 0.29) is 18.0 Å². The number of nitrogens with zero attached hydrogens (tertiary/aromatic N) is 5. The molecular weight excluding hydrogens is 505 g/mol. The number of ether oxygens (including phenoxy) is 2. The molecule has 13 heteroatoms. The van der Waals surface area contributed by atoms with Crippen molar-refractivity contribution in [1.82, 2.24) is 25.1 Å². The summed E-state index contributed by atoms with van der Waals surface area (Å²) < 4.78 is 49.1. The molecule has 0 radical (unpaired) electrons. The molecule has 38 heavy (non-hydrogen) atoms. The fourth-order valence-electron chi connectivity index (χ4n) is 4.50. The predicted octanol–water partition coefficient (Wildman–Crippen LogP) is 2.93. The molecule has 0 aliphatic carbocycles. The maximum atomic E-state index is 12.7. The number of hydrogen-bond donors (Lipinski definition) is 1. The Balaban J connectivity index is 1.31. The molecule has 1 N–H and O–H groups in total. The number of carbonyl (C=O) groups excluding carboxylic acids is 2. The van der Waals surface area contributed by atoms with Gasteiger partial charge < -0.3 is 24.6 Å². The summed E-state index contributed by atoms with van der Waals surface area (Å²) in [5.74, 6) is 0.388. The van der Waals surface area contributed by atoms with Crippen molar-refractivity contribution in [3.8, 4) is 0 Å². The second kappa shape index (κ2) is 12.9. The number of nitrogens with one attached hydrogen (secondary N) is 1. The van der Waals surface area contributed by atoms with Gasteiger partial charge in [-0.25, -0.2) is 14.8 Å². The first kappa shape index (κ1) is 29.9. The molecule has 1 unspecified atom stereocenters. The molecule has 3 heterocycles. The quantitative estimate of drug-likeness (QED) is 0.474. The molecule has 2 amide bonds. The van der Waals surface area contributed by atoms with Crippen LogP contribution in [0.25, 0.3) is 0 Å². The number of anilines is 1. The Morgan fingerprint density at radius 1 is 1.13 bits per heavy atom. The Morgan fingerprint density at radius 3 is 2.37 bits per heavy atom. The molecule has 0 bridgehead atoms. The van der Waals surface area contributed by atoms with Gasteiger partial charge in [-0.05, 0) is 47.0 Å². The van der Waals surface area contributed by atoms with Gasteiger partial charge in [0.2, 0.25) is 11.9 Å². The van der Waals surface area contributed by atoms with Gasteiger partial charge in [-0.2, -0.15) is 13.2 Å². The maximum absolute atomic E-state index is 12.7. The molecular formula is C25H39F3N6O4. The average Bonchev–Trinajstić information content (AvgIpc) is 2.83. The number of aromatic nitrogens is 2. The number of carbonyl (C=O) groups is 2. The zero-order chi connectivity index (χ0) is 27.9. The van der Waals surface area contributed by atoms with Crippen LogP contribution in [0.1, 0.15) is 52.5 Å². The van der Waals surface area contributed by atoms with Crippen molar-refractivity contribution in [2.24, 2.45) is 0 Å². The van der Waals surface area contributed by atoms with Gasteiger partial charge in [0.25, 0.3) is 0 Å². The van der Waals surface area contributed by atoms with Gasteiger partial charge in [-0.15, -0.1) is 0 Å². The molecule has 2 aliphatic heterocycles. The normalized spacial score (nSPS) is 19.0. The van der Waals surface area contributed by atoms with E-state index in [2.05, 4.69) is 20.2 Å². The van der Waals surface area contributed by atoms with Crippen LogP contribution in [-0.4, -0.2) is 102 Å². The largest absolute Gasteiger partial charge is 0.444 e. The van der Waals surface area contributed by atoms with Crippen LogP contribution in [0.4, 0.5) is 23.9 Å².